The maximum absolute atomic E-state index is 8.62. The molecule has 5 heteroatoms. The topological polar surface area (TPSA) is 36.7 Å². The number of nitriles is 1. The van der Waals surface area contributed by atoms with Crippen molar-refractivity contribution in [2.45, 2.75) is 4.83 Å². The van der Waals surface area contributed by atoms with Crippen LogP contribution in [0.15, 0.2) is 16.7 Å². The Bertz CT molecular complexity index is 335. The van der Waals surface area contributed by atoms with Crippen LogP contribution in [0.4, 0.5) is 0 Å². The summed E-state index contributed by atoms with van der Waals surface area (Å²) in [6, 6.07) is 3.70. The summed E-state index contributed by atoms with van der Waals surface area (Å²) in [5.74, 6) is 0. The molecule has 1 aromatic rings. The molecule has 0 fully saturated rings. The van der Waals surface area contributed by atoms with E-state index in [1.165, 1.54) is 0 Å². The maximum Gasteiger partial charge on any atom is 0.129 e. The van der Waals surface area contributed by atoms with Crippen molar-refractivity contribution in [2.75, 3.05) is 0 Å². The molecule has 0 aromatic carbocycles. The molecule has 0 radical (unpaired) electrons. The summed E-state index contributed by atoms with van der Waals surface area (Å²) in [5.41, 5.74) is 0.789. The molecule has 0 amide bonds. The van der Waals surface area contributed by atoms with E-state index in [2.05, 4.69) is 36.8 Å². The van der Waals surface area contributed by atoms with E-state index < -0.39 is 0 Å². The predicted molar refractivity (Wildman–Crippen MR) is 54.2 cm³/mol. The van der Waals surface area contributed by atoms with Gasteiger partial charge in [-0.1, -0.05) is 27.5 Å². The van der Waals surface area contributed by atoms with E-state index >= 15 is 0 Å². The SMILES string of the molecule is N#CC(Br)c1cc(Cl)ncc1Br. The molecule has 12 heavy (non-hydrogen) atoms. The van der Waals surface area contributed by atoms with Crippen molar-refractivity contribution < 1.29 is 0 Å². The van der Waals surface area contributed by atoms with Crippen LogP contribution >= 0.6 is 43.5 Å². The number of hydrogen-bond acceptors (Lipinski definition) is 2. The third kappa shape index (κ3) is 2.19. The average molecular weight is 310 g/mol. The lowest BCUT2D eigenvalue weighted by Crippen LogP contribution is -1.89. The maximum atomic E-state index is 8.62. The molecule has 62 valence electrons. The molecule has 0 bridgehead atoms. The second kappa shape index (κ2) is 4.22. The second-order valence-electron chi connectivity index (χ2n) is 2.02. The molecule has 2 nitrogen and oxygen atoms in total. The zero-order chi connectivity index (χ0) is 9.14. The van der Waals surface area contributed by atoms with Crippen molar-refractivity contribution in [1.82, 2.24) is 4.98 Å². The van der Waals surface area contributed by atoms with Crippen LogP contribution < -0.4 is 0 Å². The van der Waals surface area contributed by atoms with Crippen LogP contribution in [-0.2, 0) is 0 Å². The van der Waals surface area contributed by atoms with E-state index in [1.54, 1.807) is 12.3 Å². The molecule has 0 aliphatic rings. The lowest BCUT2D eigenvalue weighted by Gasteiger charge is -2.03. The molecule has 1 aromatic heterocycles. The van der Waals surface area contributed by atoms with Crippen LogP contribution in [0.2, 0.25) is 5.15 Å². The summed E-state index contributed by atoms with van der Waals surface area (Å²) >= 11 is 12.1. The van der Waals surface area contributed by atoms with Gasteiger partial charge in [0.25, 0.3) is 0 Å². The molecule has 0 N–H and O–H groups in total. The van der Waals surface area contributed by atoms with Gasteiger partial charge in [0, 0.05) is 10.7 Å². The highest BCUT2D eigenvalue weighted by atomic mass is 79.9. The Kier molecular flexibility index (Phi) is 3.51. The van der Waals surface area contributed by atoms with Crippen LogP contribution in [0.1, 0.15) is 10.4 Å². The Morgan fingerprint density at radius 2 is 2.33 bits per heavy atom. The molecule has 0 saturated carbocycles. The second-order valence-corrected chi connectivity index (χ2v) is 4.18. The first kappa shape index (κ1) is 9.97. The number of alkyl halides is 1. The third-order valence-corrected chi connectivity index (χ3v) is 2.81. The molecule has 1 unspecified atom stereocenters. The van der Waals surface area contributed by atoms with Crippen LogP contribution in [0, 0.1) is 11.3 Å². The quantitative estimate of drug-likeness (QED) is 0.588. The molecular weight excluding hydrogens is 307 g/mol. The van der Waals surface area contributed by atoms with Crippen LogP contribution in [0.5, 0.6) is 0 Å². The number of halogens is 3. The Balaban J connectivity index is 3.15. The first-order valence-corrected chi connectivity index (χ1v) is 5.08. The lowest BCUT2D eigenvalue weighted by atomic mass is 10.2. The average Bonchev–Trinajstić information content (AvgIpc) is 2.08. The zero-order valence-electron chi connectivity index (χ0n) is 5.76. The summed E-state index contributed by atoms with van der Waals surface area (Å²) < 4.78 is 0.773. The number of rotatable bonds is 1. The molecule has 0 aliphatic heterocycles. The molecule has 1 atom stereocenters. The van der Waals surface area contributed by atoms with Gasteiger partial charge in [-0.2, -0.15) is 5.26 Å². The monoisotopic (exact) mass is 308 g/mol. The van der Waals surface area contributed by atoms with Crippen LogP contribution in [0.3, 0.4) is 0 Å². The molecule has 0 aliphatic carbocycles. The summed E-state index contributed by atoms with van der Waals surface area (Å²) in [6.45, 7) is 0. The third-order valence-electron chi connectivity index (χ3n) is 1.24. The summed E-state index contributed by atoms with van der Waals surface area (Å²) in [6.07, 6.45) is 1.57. The van der Waals surface area contributed by atoms with Crippen molar-refractivity contribution in [3.8, 4) is 6.07 Å². The van der Waals surface area contributed by atoms with E-state index in [0.29, 0.717) is 5.15 Å². The smallest absolute Gasteiger partial charge is 0.129 e. The van der Waals surface area contributed by atoms with Gasteiger partial charge >= 0.3 is 0 Å². The highest BCUT2D eigenvalue weighted by Gasteiger charge is 2.10. The summed E-state index contributed by atoms with van der Waals surface area (Å²) in [7, 11) is 0. The van der Waals surface area contributed by atoms with Crippen molar-refractivity contribution in [1.29, 1.82) is 5.26 Å². The minimum absolute atomic E-state index is 0.354. The predicted octanol–water partition coefficient (Wildman–Crippen LogP) is 3.46. The minimum Gasteiger partial charge on any atom is -0.243 e. The van der Waals surface area contributed by atoms with Crippen molar-refractivity contribution in [3.63, 3.8) is 0 Å². The number of hydrogen-bond donors (Lipinski definition) is 0. The summed E-state index contributed by atoms with van der Waals surface area (Å²) in [5, 5.41) is 9.00. The lowest BCUT2D eigenvalue weighted by molar-refractivity contribution is 1.18. The van der Waals surface area contributed by atoms with Gasteiger partial charge in [-0.15, -0.1) is 0 Å². The molecular formula is C7H3Br2ClN2. The Morgan fingerprint density at radius 3 is 2.92 bits per heavy atom. The van der Waals surface area contributed by atoms with Gasteiger partial charge in [-0.05, 0) is 27.6 Å². The Morgan fingerprint density at radius 1 is 1.67 bits per heavy atom. The van der Waals surface area contributed by atoms with Crippen LogP contribution in [-0.4, -0.2) is 4.98 Å². The van der Waals surface area contributed by atoms with E-state index in [-0.39, 0.29) is 4.83 Å². The molecule has 0 spiro atoms. The zero-order valence-corrected chi connectivity index (χ0v) is 9.69. The van der Waals surface area contributed by atoms with Crippen molar-refractivity contribution in [3.05, 3.63) is 27.5 Å². The van der Waals surface area contributed by atoms with Gasteiger partial charge in [0.1, 0.15) is 9.98 Å². The van der Waals surface area contributed by atoms with E-state index in [4.69, 9.17) is 16.9 Å². The number of nitrogens with zero attached hydrogens (tertiary/aromatic N) is 2. The van der Waals surface area contributed by atoms with Gasteiger partial charge in [-0.3, -0.25) is 0 Å². The normalized spacial score (nSPS) is 12.2. The fourth-order valence-corrected chi connectivity index (χ4v) is 1.99. The first-order chi connectivity index (χ1) is 5.65. The largest absolute Gasteiger partial charge is 0.243 e. The highest BCUT2D eigenvalue weighted by molar-refractivity contribution is 9.11. The van der Waals surface area contributed by atoms with E-state index in [1.807, 2.05) is 6.07 Å². The highest BCUT2D eigenvalue weighted by Crippen LogP contribution is 2.29. The fraction of sp³-hybridized carbons (Fsp3) is 0.143. The first-order valence-electron chi connectivity index (χ1n) is 2.99. The van der Waals surface area contributed by atoms with E-state index in [0.717, 1.165) is 10.0 Å². The molecule has 1 heterocycles. The standard InChI is InChI=1S/C7H3Br2ClN2/c8-5(2-11)4-1-7(10)12-3-6(4)9/h1,3,5H. The van der Waals surface area contributed by atoms with E-state index in [9.17, 15) is 0 Å². The molecule has 1 rings (SSSR count). The Hall–Kier alpha value is -0.110. The van der Waals surface area contributed by atoms with Gasteiger partial charge < -0.3 is 0 Å². The van der Waals surface area contributed by atoms with Crippen molar-refractivity contribution >= 4 is 43.5 Å². The number of pyridine rings is 1. The number of aromatic nitrogens is 1. The van der Waals surface area contributed by atoms with Gasteiger partial charge in [0.2, 0.25) is 0 Å². The van der Waals surface area contributed by atoms with Gasteiger partial charge in [0.05, 0.1) is 6.07 Å². The summed E-state index contributed by atoms with van der Waals surface area (Å²) in [4.78, 5) is 3.49. The van der Waals surface area contributed by atoms with Gasteiger partial charge in [0.15, 0.2) is 0 Å². The van der Waals surface area contributed by atoms with Gasteiger partial charge in [-0.25, -0.2) is 4.98 Å². The minimum atomic E-state index is -0.354. The Labute approximate surface area is 91.8 Å². The fourth-order valence-electron chi connectivity index (χ4n) is 0.691. The van der Waals surface area contributed by atoms with Crippen molar-refractivity contribution in [2.24, 2.45) is 0 Å². The van der Waals surface area contributed by atoms with Crippen LogP contribution in [0.25, 0.3) is 0 Å². The molecule has 0 saturated heterocycles.